The first-order valence-electron chi connectivity index (χ1n) is 7.00. The number of fused-ring (bicyclic) bond motifs is 1. The van der Waals surface area contributed by atoms with Crippen molar-refractivity contribution in [3.8, 4) is 5.75 Å². The molecule has 0 saturated heterocycles. The second kappa shape index (κ2) is 5.21. The van der Waals surface area contributed by atoms with E-state index in [9.17, 15) is 4.79 Å². The van der Waals surface area contributed by atoms with Crippen LogP contribution in [0.15, 0.2) is 24.3 Å². The molecule has 4 nitrogen and oxygen atoms in total. The molecule has 1 amide bonds. The van der Waals surface area contributed by atoms with E-state index in [1.54, 1.807) is 0 Å². The molecule has 0 radical (unpaired) electrons. The zero-order valence-corrected chi connectivity index (χ0v) is 11.0. The van der Waals surface area contributed by atoms with Gasteiger partial charge in [-0.3, -0.25) is 4.79 Å². The minimum atomic E-state index is -0.0165. The number of ether oxygens (including phenoxy) is 1. The third-order valence-corrected chi connectivity index (χ3v) is 4.13. The Kier molecular flexibility index (Phi) is 3.42. The molecule has 0 aromatic heterocycles. The van der Waals surface area contributed by atoms with Gasteiger partial charge in [-0.15, -0.1) is 0 Å². The molecule has 0 spiro atoms. The summed E-state index contributed by atoms with van der Waals surface area (Å²) < 4.78 is 5.68. The number of carbonyl (C=O) groups is 1. The van der Waals surface area contributed by atoms with Crippen LogP contribution in [0, 0.1) is 5.92 Å². The van der Waals surface area contributed by atoms with E-state index in [1.807, 2.05) is 18.2 Å². The van der Waals surface area contributed by atoms with Crippen molar-refractivity contribution >= 4 is 5.91 Å². The number of nitrogens with one attached hydrogen (secondary N) is 1. The Morgan fingerprint density at radius 1 is 1.32 bits per heavy atom. The normalized spacial score (nSPS) is 29.4. The first kappa shape index (κ1) is 12.5. The molecule has 2 aliphatic rings. The molecule has 1 heterocycles. The monoisotopic (exact) mass is 260 g/mol. The second-order valence-corrected chi connectivity index (χ2v) is 5.53. The van der Waals surface area contributed by atoms with Crippen LogP contribution in [-0.2, 0) is 11.2 Å². The maximum atomic E-state index is 12.2. The molecule has 3 unspecified atom stereocenters. The number of hydrogen-bond donors (Lipinski definition) is 2. The van der Waals surface area contributed by atoms with Crippen LogP contribution in [0.5, 0.6) is 5.75 Å². The summed E-state index contributed by atoms with van der Waals surface area (Å²) in [5.41, 5.74) is 7.13. The molecular formula is C15H20N2O2. The molecule has 3 atom stereocenters. The summed E-state index contributed by atoms with van der Waals surface area (Å²) in [7, 11) is 0. The highest BCUT2D eigenvalue weighted by Gasteiger charge is 2.32. The highest BCUT2D eigenvalue weighted by Crippen LogP contribution is 2.26. The van der Waals surface area contributed by atoms with Crippen molar-refractivity contribution in [2.45, 2.75) is 37.8 Å². The van der Waals surface area contributed by atoms with Gasteiger partial charge in [-0.1, -0.05) is 24.6 Å². The number of hydrogen-bond acceptors (Lipinski definition) is 3. The number of para-hydroxylation sites is 1. The minimum absolute atomic E-state index is 0.0165. The maximum absolute atomic E-state index is 12.2. The molecule has 0 bridgehead atoms. The third kappa shape index (κ3) is 2.59. The van der Waals surface area contributed by atoms with E-state index in [4.69, 9.17) is 10.5 Å². The van der Waals surface area contributed by atoms with Gasteiger partial charge in [0.1, 0.15) is 12.4 Å². The first-order valence-corrected chi connectivity index (χ1v) is 7.00. The molecule has 1 aromatic carbocycles. The van der Waals surface area contributed by atoms with Crippen LogP contribution in [-0.4, -0.2) is 24.6 Å². The fourth-order valence-electron chi connectivity index (χ4n) is 3.04. The van der Waals surface area contributed by atoms with Crippen LogP contribution in [0.2, 0.25) is 0 Å². The lowest BCUT2D eigenvalue weighted by molar-refractivity contribution is -0.126. The Morgan fingerprint density at radius 2 is 2.16 bits per heavy atom. The standard InChI is InChI=1S/C15H20N2O2/c16-13-6-3-5-12(13)15(18)17-11-8-10-4-1-2-7-14(10)19-9-11/h1-2,4,7,11-13H,3,5-6,8-9,16H2,(H,17,18). The third-order valence-electron chi connectivity index (χ3n) is 4.13. The lowest BCUT2D eigenvalue weighted by Gasteiger charge is -2.27. The molecule has 1 saturated carbocycles. The van der Waals surface area contributed by atoms with Crippen LogP contribution in [0.4, 0.5) is 0 Å². The minimum Gasteiger partial charge on any atom is -0.491 e. The summed E-state index contributed by atoms with van der Waals surface area (Å²) in [6, 6.07) is 8.08. The lowest BCUT2D eigenvalue weighted by Crippen LogP contribution is -2.47. The fraction of sp³-hybridized carbons (Fsp3) is 0.533. The number of amides is 1. The van der Waals surface area contributed by atoms with Gasteiger partial charge in [0.15, 0.2) is 0 Å². The van der Waals surface area contributed by atoms with E-state index in [-0.39, 0.29) is 23.9 Å². The van der Waals surface area contributed by atoms with Gasteiger partial charge < -0.3 is 15.8 Å². The summed E-state index contributed by atoms with van der Waals surface area (Å²) in [6.07, 6.45) is 3.77. The molecule has 1 aliphatic carbocycles. The van der Waals surface area contributed by atoms with Crippen molar-refractivity contribution in [3.63, 3.8) is 0 Å². The predicted octanol–water partition coefficient (Wildman–Crippen LogP) is 1.23. The molecule has 3 N–H and O–H groups in total. The van der Waals surface area contributed by atoms with Gasteiger partial charge in [-0.05, 0) is 30.9 Å². The van der Waals surface area contributed by atoms with Crippen LogP contribution < -0.4 is 15.8 Å². The second-order valence-electron chi connectivity index (χ2n) is 5.53. The Labute approximate surface area is 113 Å². The molecule has 3 rings (SSSR count). The fourth-order valence-corrected chi connectivity index (χ4v) is 3.04. The van der Waals surface area contributed by atoms with Gasteiger partial charge in [0, 0.05) is 6.04 Å². The van der Waals surface area contributed by atoms with Crippen LogP contribution in [0.1, 0.15) is 24.8 Å². The number of carbonyl (C=O) groups excluding carboxylic acids is 1. The summed E-state index contributed by atoms with van der Waals surface area (Å²) in [5, 5.41) is 3.09. The zero-order valence-electron chi connectivity index (χ0n) is 11.0. The zero-order chi connectivity index (χ0) is 13.2. The Morgan fingerprint density at radius 3 is 2.95 bits per heavy atom. The van der Waals surface area contributed by atoms with Crippen molar-refractivity contribution in [2.75, 3.05) is 6.61 Å². The molecule has 19 heavy (non-hydrogen) atoms. The molecule has 1 fully saturated rings. The predicted molar refractivity (Wildman–Crippen MR) is 72.9 cm³/mol. The van der Waals surface area contributed by atoms with Gasteiger partial charge in [0.05, 0.1) is 12.0 Å². The van der Waals surface area contributed by atoms with E-state index in [0.717, 1.165) is 37.0 Å². The van der Waals surface area contributed by atoms with Gasteiger partial charge in [-0.25, -0.2) is 0 Å². The van der Waals surface area contributed by atoms with Crippen molar-refractivity contribution in [1.29, 1.82) is 0 Å². The molecule has 1 aliphatic heterocycles. The average Bonchev–Trinajstić information content (AvgIpc) is 2.85. The van der Waals surface area contributed by atoms with E-state index in [2.05, 4.69) is 11.4 Å². The highest BCUT2D eigenvalue weighted by atomic mass is 16.5. The quantitative estimate of drug-likeness (QED) is 0.840. The molecule has 4 heteroatoms. The largest absolute Gasteiger partial charge is 0.491 e. The highest BCUT2D eigenvalue weighted by molar-refractivity contribution is 5.80. The van der Waals surface area contributed by atoms with Gasteiger partial charge in [-0.2, -0.15) is 0 Å². The van der Waals surface area contributed by atoms with E-state index in [1.165, 1.54) is 0 Å². The summed E-state index contributed by atoms with van der Waals surface area (Å²) in [6.45, 7) is 0.546. The van der Waals surface area contributed by atoms with E-state index in [0.29, 0.717) is 6.61 Å². The average molecular weight is 260 g/mol. The SMILES string of the molecule is NC1CCCC1C(=O)NC1COc2ccccc2C1. The Bertz CT molecular complexity index is 475. The summed E-state index contributed by atoms with van der Waals surface area (Å²) >= 11 is 0. The molecule has 1 aromatic rings. The van der Waals surface area contributed by atoms with Crippen molar-refractivity contribution < 1.29 is 9.53 Å². The lowest BCUT2D eigenvalue weighted by atomic mass is 10.00. The maximum Gasteiger partial charge on any atom is 0.225 e. The number of benzene rings is 1. The molecule has 102 valence electrons. The van der Waals surface area contributed by atoms with Crippen LogP contribution in [0.25, 0.3) is 0 Å². The van der Waals surface area contributed by atoms with Crippen molar-refractivity contribution in [1.82, 2.24) is 5.32 Å². The number of nitrogens with two attached hydrogens (primary N) is 1. The smallest absolute Gasteiger partial charge is 0.225 e. The van der Waals surface area contributed by atoms with Gasteiger partial charge in [0.2, 0.25) is 5.91 Å². The van der Waals surface area contributed by atoms with E-state index < -0.39 is 0 Å². The Hall–Kier alpha value is -1.55. The Balaban J connectivity index is 1.61. The van der Waals surface area contributed by atoms with Crippen LogP contribution >= 0.6 is 0 Å². The van der Waals surface area contributed by atoms with Crippen molar-refractivity contribution in [3.05, 3.63) is 29.8 Å². The molecular weight excluding hydrogens is 240 g/mol. The summed E-state index contributed by atoms with van der Waals surface area (Å²) in [4.78, 5) is 12.2. The van der Waals surface area contributed by atoms with E-state index >= 15 is 0 Å². The number of rotatable bonds is 2. The van der Waals surface area contributed by atoms with Crippen LogP contribution in [0.3, 0.4) is 0 Å². The van der Waals surface area contributed by atoms with Gasteiger partial charge >= 0.3 is 0 Å². The van der Waals surface area contributed by atoms with Gasteiger partial charge in [0.25, 0.3) is 0 Å². The topological polar surface area (TPSA) is 64.4 Å². The summed E-state index contributed by atoms with van der Waals surface area (Å²) in [5.74, 6) is 1.01. The first-order chi connectivity index (χ1) is 9.24. The van der Waals surface area contributed by atoms with Crippen molar-refractivity contribution in [2.24, 2.45) is 11.7 Å².